The maximum absolute atomic E-state index is 12.9. The topological polar surface area (TPSA) is 132 Å². The van der Waals surface area contributed by atoms with Gasteiger partial charge in [0, 0.05) is 35.1 Å². The summed E-state index contributed by atoms with van der Waals surface area (Å²) in [6.45, 7) is 7.98. The largest absolute Gasteiger partial charge is 0.491 e. The number of nitrogens with two attached hydrogens (primary N) is 1. The number of ether oxygens (including phenoxy) is 1. The molecule has 0 amide bonds. The number of hydrogen-bond acceptors (Lipinski definition) is 9. The molecule has 202 valence electrons. The van der Waals surface area contributed by atoms with Gasteiger partial charge >= 0.3 is 0 Å². The van der Waals surface area contributed by atoms with E-state index in [9.17, 15) is 13.5 Å². The highest BCUT2D eigenvalue weighted by molar-refractivity contribution is 7.91. The molecular formula is C28H35N5O4S. The van der Waals surface area contributed by atoms with Crippen LogP contribution in [0.3, 0.4) is 0 Å². The molecule has 3 heterocycles. The number of rotatable bonds is 6. The molecule has 3 aromatic rings. The summed E-state index contributed by atoms with van der Waals surface area (Å²) in [5.74, 6) is 1.52. The van der Waals surface area contributed by atoms with Gasteiger partial charge in [-0.15, -0.1) is 0 Å². The smallest absolute Gasteiger partial charge is 0.182 e. The Balaban J connectivity index is 1.47. The molecule has 1 unspecified atom stereocenters. The van der Waals surface area contributed by atoms with E-state index < -0.39 is 15.9 Å². The number of aliphatic hydroxyl groups is 1. The molecule has 38 heavy (non-hydrogen) atoms. The van der Waals surface area contributed by atoms with E-state index in [1.165, 1.54) is 5.56 Å². The van der Waals surface area contributed by atoms with Crippen molar-refractivity contribution in [2.24, 2.45) is 5.41 Å². The fourth-order valence-corrected chi connectivity index (χ4v) is 6.73. The van der Waals surface area contributed by atoms with Crippen LogP contribution in [0.5, 0.6) is 5.75 Å². The summed E-state index contributed by atoms with van der Waals surface area (Å²) < 4.78 is 31.9. The first-order valence-electron chi connectivity index (χ1n) is 13.0. The molecule has 1 aliphatic heterocycles. The lowest BCUT2D eigenvalue weighted by Crippen LogP contribution is -2.31. The Kier molecular flexibility index (Phi) is 7.04. The molecule has 3 N–H and O–H groups in total. The summed E-state index contributed by atoms with van der Waals surface area (Å²) in [6.07, 6.45) is 5.65. The number of nitrogen functional groups attached to an aromatic ring is 1. The van der Waals surface area contributed by atoms with Gasteiger partial charge in [0.25, 0.3) is 0 Å². The van der Waals surface area contributed by atoms with Crippen molar-refractivity contribution in [3.8, 4) is 16.9 Å². The third-order valence-electron chi connectivity index (χ3n) is 7.40. The Labute approximate surface area is 224 Å². The van der Waals surface area contributed by atoms with Gasteiger partial charge in [0.1, 0.15) is 35.2 Å². The number of sulfone groups is 1. The number of aryl methyl sites for hydroxylation is 1. The first-order valence-corrected chi connectivity index (χ1v) is 14.7. The van der Waals surface area contributed by atoms with E-state index in [0.29, 0.717) is 25.3 Å². The fraction of sp³-hybridized carbons (Fsp3) is 0.464. The van der Waals surface area contributed by atoms with Crippen molar-refractivity contribution < 1.29 is 18.3 Å². The first kappa shape index (κ1) is 26.4. The molecule has 1 aromatic carbocycles. The van der Waals surface area contributed by atoms with Crippen molar-refractivity contribution in [1.82, 2.24) is 15.0 Å². The summed E-state index contributed by atoms with van der Waals surface area (Å²) in [5.41, 5.74) is 11.0. The molecule has 0 spiro atoms. The van der Waals surface area contributed by atoms with Crippen molar-refractivity contribution in [2.75, 3.05) is 29.5 Å². The maximum atomic E-state index is 12.9. The van der Waals surface area contributed by atoms with E-state index >= 15 is 0 Å². The molecule has 2 aliphatic rings. The van der Waals surface area contributed by atoms with E-state index in [0.717, 1.165) is 47.7 Å². The second kappa shape index (κ2) is 10.1. The zero-order valence-electron chi connectivity index (χ0n) is 22.1. The van der Waals surface area contributed by atoms with Gasteiger partial charge < -0.3 is 20.5 Å². The normalized spacial score (nSPS) is 17.6. The average Bonchev–Trinajstić information content (AvgIpc) is 3.09. The summed E-state index contributed by atoms with van der Waals surface area (Å²) >= 11 is 0. The van der Waals surface area contributed by atoms with Crippen LogP contribution in [0.2, 0.25) is 0 Å². The zero-order chi connectivity index (χ0) is 27.1. The lowest BCUT2D eigenvalue weighted by molar-refractivity contribution is 0.191. The van der Waals surface area contributed by atoms with E-state index in [2.05, 4.69) is 28.7 Å². The number of benzene rings is 1. The predicted molar refractivity (Wildman–Crippen MR) is 147 cm³/mol. The highest BCUT2D eigenvalue weighted by atomic mass is 32.2. The minimum absolute atomic E-state index is 0.0151. The number of hydrogen-bond donors (Lipinski definition) is 2. The maximum Gasteiger partial charge on any atom is 0.182 e. The van der Waals surface area contributed by atoms with Crippen molar-refractivity contribution in [2.45, 2.75) is 64.0 Å². The van der Waals surface area contributed by atoms with Gasteiger partial charge in [0.2, 0.25) is 0 Å². The van der Waals surface area contributed by atoms with Crippen LogP contribution in [0.25, 0.3) is 11.1 Å². The van der Waals surface area contributed by atoms with Crippen molar-refractivity contribution in [1.29, 1.82) is 0 Å². The summed E-state index contributed by atoms with van der Waals surface area (Å²) in [6, 6.07) is 7.41. The Morgan fingerprint density at radius 2 is 2.00 bits per heavy atom. The van der Waals surface area contributed by atoms with Gasteiger partial charge in [-0.25, -0.2) is 23.4 Å². The highest BCUT2D eigenvalue weighted by Gasteiger charge is 2.31. The molecule has 9 nitrogen and oxygen atoms in total. The van der Waals surface area contributed by atoms with Gasteiger partial charge in [-0.2, -0.15) is 0 Å². The van der Waals surface area contributed by atoms with E-state index in [1.54, 1.807) is 25.5 Å². The lowest BCUT2D eigenvalue weighted by Gasteiger charge is -2.33. The van der Waals surface area contributed by atoms with Gasteiger partial charge in [0.05, 0.1) is 18.4 Å². The standard InChI is InChI=1S/C28H35N5O4S/c1-18(34)7-11-38(35,36)25-13-20(15-30-26(25)29)19-4-5-24-21(12-19)16-33(9-10-37-24)27-22-14-28(2,3)8-6-23(22)31-17-32-27/h4-5,12-13,15,17-18,34H,6-11,14,16H2,1-3H3,(H2,29,30). The molecular weight excluding hydrogens is 502 g/mol. The number of aliphatic hydroxyl groups excluding tert-OH is 1. The van der Waals surface area contributed by atoms with Gasteiger partial charge in [-0.1, -0.05) is 19.9 Å². The third-order valence-corrected chi connectivity index (χ3v) is 9.17. The van der Waals surface area contributed by atoms with E-state index in [-0.39, 0.29) is 28.3 Å². The molecule has 0 saturated heterocycles. The van der Waals surface area contributed by atoms with Crippen LogP contribution in [-0.4, -0.2) is 53.5 Å². The van der Waals surface area contributed by atoms with Crippen molar-refractivity contribution in [3.05, 3.63) is 53.6 Å². The molecule has 0 fully saturated rings. The summed E-state index contributed by atoms with van der Waals surface area (Å²) in [5, 5.41) is 9.56. The number of aromatic nitrogens is 3. The Bertz CT molecular complexity index is 1460. The minimum Gasteiger partial charge on any atom is -0.491 e. The van der Waals surface area contributed by atoms with Crippen LogP contribution in [0.1, 0.15) is 50.4 Å². The molecule has 5 rings (SSSR count). The minimum atomic E-state index is -3.70. The number of nitrogens with zero attached hydrogens (tertiary/aromatic N) is 4. The monoisotopic (exact) mass is 537 g/mol. The van der Waals surface area contributed by atoms with Gasteiger partial charge in [0.15, 0.2) is 9.84 Å². The Morgan fingerprint density at radius 1 is 1.18 bits per heavy atom. The fourth-order valence-electron chi connectivity index (χ4n) is 5.18. The lowest BCUT2D eigenvalue weighted by atomic mass is 9.76. The van der Waals surface area contributed by atoms with Crippen LogP contribution < -0.4 is 15.4 Å². The number of fused-ring (bicyclic) bond motifs is 2. The molecule has 1 aliphatic carbocycles. The summed E-state index contributed by atoms with van der Waals surface area (Å²) in [4.78, 5) is 15.7. The molecule has 2 aromatic heterocycles. The van der Waals surface area contributed by atoms with Gasteiger partial charge in [-0.3, -0.25) is 0 Å². The predicted octanol–water partition coefficient (Wildman–Crippen LogP) is 3.58. The van der Waals surface area contributed by atoms with Crippen LogP contribution in [-0.2, 0) is 29.2 Å². The molecule has 0 radical (unpaired) electrons. The second-order valence-corrected chi connectivity index (χ2v) is 13.2. The van der Waals surface area contributed by atoms with Gasteiger partial charge in [-0.05, 0) is 61.8 Å². The van der Waals surface area contributed by atoms with E-state index in [4.69, 9.17) is 15.5 Å². The molecule has 0 saturated carbocycles. The number of pyridine rings is 1. The van der Waals surface area contributed by atoms with E-state index in [1.807, 2.05) is 18.2 Å². The molecule has 10 heteroatoms. The zero-order valence-corrected chi connectivity index (χ0v) is 23.0. The van der Waals surface area contributed by atoms with Crippen molar-refractivity contribution in [3.63, 3.8) is 0 Å². The Morgan fingerprint density at radius 3 is 2.79 bits per heavy atom. The second-order valence-electron chi connectivity index (χ2n) is 11.1. The Hall–Kier alpha value is -3.24. The summed E-state index contributed by atoms with van der Waals surface area (Å²) in [7, 11) is -3.70. The third kappa shape index (κ3) is 5.47. The molecule has 0 bridgehead atoms. The van der Waals surface area contributed by atoms with Crippen molar-refractivity contribution >= 4 is 21.5 Å². The SMILES string of the molecule is CC(O)CCS(=O)(=O)c1cc(-c2ccc3c(c2)CN(c2ncnc4c2CC(C)(C)CC4)CCO3)cnc1N. The van der Waals surface area contributed by atoms with Crippen LogP contribution in [0, 0.1) is 5.41 Å². The first-order chi connectivity index (χ1) is 18.0. The van der Waals surface area contributed by atoms with Crippen LogP contribution in [0.4, 0.5) is 11.6 Å². The van der Waals surface area contributed by atoms with Crippen LogP contribution >= 0.6 is 0 Å². The number of anilines is 2. The average molecular weight is 538 g/mol. The van der Waals surface area contributed by atoms with Crippen LogP contribution in [0.15, 0.2) is 41.7 Å². The highest BCUT2D eigenvalue weighted by Crippen LogP contribution is 2.39. The quantitative estimate of drug-likeness (QED) is 0.484. The molecule has 1 atom stereocenters.